The molecular formula is C12H14N2OS2. The molecule has 17 heavy (non-hydrogen) atoms. The molecule has 0 unspecified atom stereocenters. The first-order chi connectivity index (χ1) is 8.19. The Morgan fingerprint density at radius 2 is 2.00 bits per heavy atom. The van der Waals surface area contributed by atoms with Gasteiger partial charge in [0.25, 0.3) is 0 Å². The molecule has 2 rings (SSSR count). The zero-order valence-electron chi connectivity index (χ0n) is 9.75. The first-order valence-corrected chi connectivity index (χ1v) is 7.08. The Morgan fingerprint density at radius 1 is 1.29 bits per heavy atom. The van der Waals surface area contributed by atoms with Gasteiger partial charge >= 0.3 is 0 Å². The van der Waals surface area contributed by atoms with Crippen molar-refractivity contribution < 1.29 is 5.11 Å². The van der Waals surface area contributed by atoms with Crippen molar-refractivity contribution in [1.29, 1.82) is 0 Å². The number of aromatic nitrogens is 2. The maximum atomic E-state index is 9.69. The van der Waals surface area contributed by atoms with E-state index in [2.05, 4.69) is 10.2 Å². The zero-order chi connectivity index (χ0) is 12.3. The van der Waals surface area contributed by atoms with Crippen molar-refractivity contribution in [2.45, 2.75) is 35.6 Å². The maximum Gasteiger partial charge on any atom is 0.179 e. The molecule has 0 bridgehead atoms. The van der Waals surface area contributed by atoms with Gasteiger partial charge in [-0.05, 0) is 31.0 Å². The quantitative estimate of drug-likeness (QED) is 0.920. The summed E-state index contributed by atoms with van der Waals surface area (Å²) in [6, 6.07) is 7.94. The second kappa shape index (κ2) is 5.62. The van der Waals surface area contributed by atoms with Crippen LogP contribution in [0.15, 0.2) is 33.5 Å². The Labute approximate surface area is 109 Å². The van der Waals surface area contributed by atoms with Gasteiger partial charge in [0, 0.05) is 4.90 Å². The Morgan fingerprint density at radius 3 is 2.53 bits per heavy atom. The van der Waals surface area contributed by atoms with Gasteiger partial charge in [0.05, 0.1) is 6.10 Å². The molecule has 3 nitrogen and oxygen atoms in total. The Hall–Kier alpha value is -0.910. The average molecular weight is 266 g/mol. The summed E-state index contributed by atoms with van der Waals surface area (Å²) >= 11 is 3.19. The van der Waals surface area contributed by atoms with E-state index in [9.17, 15) is 5.11 Å². The second-order valence-electron chi connectivity index (χ2n) is 3.68. The van der Waals surface area contributed by atoms with Crippen LogP contribution in [0.3, 0.4) is 0 Å². The molecule has 0 saturated heterocycles. The highest BCUT2D eigenvalue weighted by Gasteiger charge is 2.06. The fourth-order valence-electron chi connectivity index (χ4n) is 1.41. The molecule has 1 aromatic carbocycles. The Bertz CT molecular complexity index is 482. The molecule has 1 N–H and O–H groups in total. The summed E-state index contributed by atoms with van der Waals surface area (Å²) in [5.41, 5.74) is 0.963. The summed E-state index contributed by atoms with van der Waals surface area (Å²) in [4.78, 5) is 1.12. The van der Waals surface area contributed by atoms with Gasteiger partial charge in [-0.3, -0.25) is 0 Å². The van der Waals surface area contributed by atoms with E-state index in [1.807, 2.05) is 38.1 Å². The van der Waals surface area contributed by atoms with Crippen molar-refractivity contribution in [2.75, 3.05) is 0 Å². The van der Waals surface area contributed by atoms with Crippen LogP contribution in [0.1, 0.15) is 30.0 Å². The molecule has 5 heteroatoms. The molecule has 0 amide bonds. The number of rotatable bonds is 4. The van der Waals surface area contributed by atoms with Gasteiger partial charge in [-0.15, -0.1) is 10.2 Å². The van der Waals surface area contributed by atoms with Crippen LogP contribution >= 0.6 is 23.1 Å². The van der Waals surface area contributed by atoms with Gasteiger partial charge in [-0.2, -0.15) is 0 Å². The molecular weight excluding hydrogens is 252 g/mol. The highest BCUT2D eigenvalue weighted by atomic mass is 32.2. The molecule has 1 heterocycles. The molecule has 90 valence electrons. The number of hydrogen-bond donors (Lipinski definition) is 1. The lowest BCUT2D eigenvalue weighted by Gasteiger charge is -2.07. The fourth-order valence-corrected chi connectivity index (χ4v) is 3.20. The summed E-state index contributed by atoms with van der Waals surface area (Å²) in [6.07, 6.45) is 0.375. The number of aliphatic hydroxyl groups is 1. The molecule has 0 aliphatic rings. The average Bonchev–Trinajstić information content (AvgIpc) is 2.75. The van der Waals surface area contributed by atoms with Crippen molar-refractivity contribution in [2.24, 2.45) is 0 Å². The fraction of sp³-hybridized carbons (Fsp3) is 0.333. The second-order valence-corrected chi connectivity index (χ2v) is 6.18. The maximum absolute atomic E-state index is 9.69. The third-order valence-electron chi connectivity index (χ3n) is 2.36. The Kier molecular flexibility index (Phi) is 4.15. The van der Waals surface area contributed by atoms with E-state index < -0.39 is 0 Å². The lowest BCUT2D eigenvalue weighted by Crippen LogP contribution is -1.93. The minimum atomic E-state index is -0.363. The topological polar surface area (TPSA) is 46.0 Å². The van der Waals surface area contributed by atoms with Gasteiger partial charge in [-0.25, -0.2) is 0 Å². The van der Waals surface area contributed by atoms with Crippen molar-refractivity contribution in [3.63, 3.8) is 0 Å². The summed E-state index contributed by atoms with van der Waals surface area (Å²) in [5.74, 6) is 0. The van der Waals surface area contributed by atoms with Crippen LogP contribution in [0, 0.1) is 6.92 Å². The zero-order valence-corrected chi connectivity index (χ0v) is 11.4. The normalized spacial score (nSPS) is 12.6. The number of benzene rings is 1. The number of aliphatic hydroxyl groups excluding tert-OH is 1. The molecule has 0 radical (unpaired) electrons. The van der Waals surface area contributed by atoms with Crippen LogP contribution < -0.4 is 0 Å². The van der Waals surface area contributed by atoms with Crippen LogP contribution in [0.5, 0.6) is 0 Å². The highest BCUT2D eigenvalue weighted by molar-refractivity contribution is 8.01. The molecule has 1 atom stereocenters. The van der Waals surface area contributed by atoms with E-state index in [0.29, 0.717) is 0 Å². The third-order valence-corrected chi connectivity index (χ3v) is 4.26. The summed E-state index contributed by atoms with van der Waals surface area (Å²) in [5, 5.41) is 18.7. The third kappa shape index (κ3) is 3.28. The van der Waals surface area contributed by atoms with E-state index >= 15 is 0 Å². The molecule has 2 aromatic rings. The van der Waals surface area contributed by atoms with Crippen LogP contribution in [0.25, 0.3) is 0 Å². The van der Waals surface area contributed by atoms with Gasteiger partial charge in [0.2, 0.25) is 0 Å². The smallest absolute Gasteiger partial charge is 0.179 e. The van der Waals surface area contributed by atoms with E-state index in [1.165, 1.54) is 0 Å². The molecule has 0 fully saturated rings. The van der Waals surface area contributed by atoms with E-state index in [4.69, 9.17) is 0 Å². The van der Waals surface area contributed by atoms with Crippen molar-refractivity contribution in [1.82, 2.24) is 10.2 Å². The molecule has 0 spiro atoms. The highest BCUT2D eigenvalue weighted by Crippen LogP contribution is 2.30. The molecule has 0 aliphatic carbocycles. The monoisotopic (exact) mass is 266 g/mol. The van der Waals surface area contributed by atoms with Gasteiger partial charge in [0.1, 0.15) is 5.01 Å². The van der Waals surface area contributed by atoms with Crippen molar-refractivity contribution in [3.05, 3.63) is 34.8 Å². The first kappa shape index (κ1) is 12.5. The predicted octanol–water partition coefficient (Wildman–Crippen LogP) is 3.44. The standard InChI is InChI=1S/C12H14N2OS2/c1-3-11(15)9-4-6-10(7-5-9)17-12-14-13-8(2)16-12/h4-7,11,15H,3H2,1-2H3/t11-/m1/s1. The van der Waals surface area contributed by atoms with Crippen LogP contribution in [0.2, 0.25) is 0 Å². The van der Waals surface area contributed by atoms with Gasteiger partial charge in [-0.1, -0.05) is 42.2 Å². The molecule has 0 aliphatic heterocycles. The van der Waals surface area contributed by atoms with Crippen LogP contribution in [0.4, 0.5) is 0 Å². The van der Waals surface area contributed by atoms with Gasteiger partial charge in [0.15, 0.2) is 4.34 Å². The molecule has 0 saturated carbocycles. The molecule has 1 aromatic heterocycles. The predicted molar refractivity (Wildman–Crippen MR) is 70.5 cm³/mol. The van der Waals surface area contributed by atoms with Crippen molar-refractivity contribution >= 4 is 23.1 Å². The van der Waals surface area contributed by atoms with E-state index in [1.54, 1.807) is 23.1 Å². The lowest BCUT2D eigenvalue weighted by molar-refractivity contribution is 0.173. The minimum absolute atomic E-state index is 0.363. The summed E-state index contributed by atoms with van der Waals surface area (Å²) < 4.78 is 0.950. The number of hydrogen-bond acceptors (Lipinski definition) is 5. The van der Waals surface area contributed by atoms with E-state index in [-0.39, 0.29) is 6.10 Å². The SMILES string of the molecule is CC[C@@H](O)c1ccc(Sc2nnc(C)s2)cc1. The van der Waals surface area contributed by atoms with Crippen LogP contribution in [-0.2, 0) is 0 Å². The largest absolute Gasteiger partial charge is 0.388 e. The van der Waals surface area contributed by atoms with Crippen LogP contribution in [-0.4, -0.2) is 15.3 Å². The van der Waals surface area contributed by atoms with Crippen molar-refractivity contribution in [3.8, 4) is 0 Å². The number of aryl methyl sites for hydroxylation is 1. The van der Waals surface area contributed by atoms with Gasteiger partial charge < -0.3 is 5.11 Å². The summed E-state index contributed by atoms with van der Waals surface area (Å²) in [6.45, 7) is 3.92. The first-order valence-electron chi connectivity index (χ1n) is 5.45. The Balaban J connectivity index is 2.08. The minimum Gasteiger partial charge on any atom is -0.388 e. The number of nitrogens with zero attached hydrogens (tertiary/aromatic N) is 2. The lowest BCUT2D eigenvalue weighted by atomic mass is 10.1. The van der Waals surface area contributed by atoms with E-state index in [0.717, 1.165) is 26.2 Å². The summed E-state index contributed by atoms with van der Waals surface area (Å²) in [7, 11) is 0.